The molecule has 1 atom stereocenters. The molecule has 1 fully saturated rings. The Bertz CT molecular complexity index is 829. The van der Waals surface area contributed by atoms with Crippen molar-refractivity contribution in [2.45, 2.75) is 44.3 Å². The summed E-state index contributed by atoms with van der Waals surface area (Å²) in [7, 11) is 0. The van der Waals surface area contributed by atoms with Gasteiger partial charge in [-0.05, 0) is 66.0 Å². The molecule has 132 valence electrons. The Kier molecular flexibility index (Phi) is 5.85. The van der Waals surface area contributed by atoms with Crippen molar-refractivity contribution in [2.75, 3.05) is 0 Å². The van der Waals surface area contributed by atoms with Gasteiger partial charge < -0.3 is 5.32 Å². The summed E-state index contributed by atoms with van der Waals surface area (Å²) in [6, 6.07) is 3.69. The topological polar surface area (TPSA) is 84.0 Å². The van der Waals surface area contributed by atoms with Crippen molar-refractivity contribution in [3.63, 3.8) is 0 Å². The van der Waals surface area contributed by atoms with E-state index in [1.165, 1.54) is 11.8 Å². The summed E-state index contributed by atoms with van der Waals surface area (Å²) in [5.74, 6) is 0.301. The van der Waals surface area contributed by atoms with E-state index >= 15 is 0 Å². The van der Waals surface area contributed by atoms with Crippen molar-refractivity contribution >= 4 is 50.5 Å². The molecule has 1 aliphatic rings. The van der Waals surface area contributed by atoms with Gasteiger partial charge in [-0.1, -0.05) is 6.92 Å². The number of carbonyl (C=O) groups is 1. The molecule has 0 radical (unpaired) electrons. The second-order valence-electron chi connectivity index (χ2n) is 5.84. The number of rotatable bonds is 6. The molecule has 0 spiro atoms. The number of hydrogen-bond donors (Lipinski definition) is 1. The highest BCUT2D eigenvalue weighted by Gasteiger charge is 2.29. The van der Waals surface area contributed by atoms with Crippen molar-refractivity contribution in [3.8, 4) is 0 Å². The highest BCUT2D eigenvalue weighted by Crippen LogP contribution is 2.28. The van der Waals surface area contributed by atoms with Gasteiger partial charge in [0.15, 0.2) is 5.65 Å². The Morgan fingerprint density at radius 1 is 1.52 bits per heavy atom. The largest absolute Gasteiger partial charge is 0.348 e. The average molecular weight is 423 g/mol. The average Bonchev–Trinajstić information content (AvgIpc) is 3.37. The van der Waals surface area contributed by atoms with Crippen LogP contribution in [0.5, 0.6) is 0 Å². The fourth-order valence-corrected chi connectivity index (χ4v) is 3.21. The molecule has 9 heteroatoms. The molecule has 1 N–H and O–H groups in total. The van der Waals surface area contributed by atoms with Gasteiger partial charge in [0.05, 0.1) is 6.04 Å². The van der Waals surface area contributed by atoms with Crippen LogP contribution in [0.3, 0.4) is 0 Å². The third-order valence-corrected chi connectivity index (χ3v) is 5.16. The van der Waals surface area contributed by atoms with Gasteiger partial charge in [0.1, 0.15) is 5.04 Å². The lowest BCUT2D eigenvalue weighted by Gasteiger charge is -2.07. The van der Waals surface area contributed by atoms with Crippen molar-refractivity contribution in [3.05, 3.63) is 22.8 Å². The van der Waals surface area contributed by atoms with E-state index in [-0.39, 0.29) is 17.9 Å². The van der Waals surface area contributed by atoms with Crippen LogP contribution < -0.4 is 5.32 Å². The maximum Gasteiger partial charge on any atom is 0.223 e. The van der Waals surface area contributed by atoms with E-state index in [0.717, 1.165) is 39.6 Å². The Hall–Kier alpha value is -1.74. The van der Waals surface area contributed by atoms with E-state index in [2.05, 4.69) is 41.6 Å². The fourth-order valence-electron chi connectivity index (χ4n) is 2.10. The molecule has 2 aromatic heterocycles. The number of pyridine rings is 1. The van der Waals surface area contributed by atoms with E-state index in [1.54, 1.807) is 6.21 Å². The number of thioether (sulfide) groups is 1. The molecule has 3 rings (SSSR count). The molecule has 25 heavy (non-hydrogen) atoms. The molecule has 0 saturated heterocycles. The first kappa shape index (κ1) is 18.1. The van der Waals surface area contributed by atoms with Crippen molar-refractivity contribution in [1.29, 1.82) is 0 Å². The van der Waals surface area contributed by atoms with Gasteiger partial charge in [-0.3, -0.25) is 9.20 Å². The number of halogens is 1. The standard InChI is InChI=1S/C16H19BrN6OS/c1-3-14(21-18-8-10(2)19-15(24)11-4-5-11)25-16-22-20-13-7-6-12(17)9-23(13)16/h6-11H,3-5H2,1-2H3,(H,19,24)/b18-8-,21-14-. The number of amides is 1. The van der Waals surface area contributed by atoms with E-state index < -0.39 is 0 Å². The lowest BCUT2D eigenvalue weighted by Crippen LogP contribution is -2.34. The van der Waals surface area contributed by atoms with Crippen LogP contribution in [-0.4, -0.2) is 37.8 Å². The highest BCUT2D eigenvalue weighted by molar-refractivity contribution is 9.10. The zero-order chi connectivity index (χ0) is 17.8. The van der Waals surface area contributed by atoms with Crippen molar-refractivity contribution in [1.82, 2.24) is 19.9 Å². The van der Waals surface area contributed by atoms with Gasteiger partial charge in [-0.15, -0.1) is 15.3 Å². The summed E-state index contributed by atoms with van der Waals surface area (Å²) < 4.78 is 2.86. The number of fused-ring (bicyclic) bond motifs is 1. The zero-order valence-corrected chi connectivity index (χ0v) is 16.4. The summed E-state index contributed by atoms with van der Waals surface area (Å²) in [5, 5.41) is 21.2. The third-order valence-electron chi connectivity index (χ3n) is 3.62. The molecule has 1 amide bonds. The van der Waals surface area contributed by atoms with Crippen molar-refractivity contribution < 1.29 is 4.79 Å². The van der Waals surface area contributed by atoms with Crippen LogP contribution in [0.15, 0.2) is 38.2 Å². The van der Waals surface area contributed by atoms with Gasteiger partial charge in [-0.25, -0.2) is 0 Å². The van der Waals surface area contributed by atoms with Gasteiger partial charge >= 0.3 is 0 Å². The SMILES string of the molecule is CC/C(=N/N=C\C(C)NC(=O)C1CC1)Sc1nnc2ccc(Br)cn12. The molecule has 0 aromatic carbocycles. The molecule has 7 nitrogen and oxygen atoms in total. The van der Waals surface area contributed by atoms with Crippen LogP contribution >= 0.6 is 27.7 Å². The molecular formula is C16H19BrN6OS. The Morgan fingerprint density at radius 3 is 3.04 bits per heavy atom. The predicted octanol–water partition coefficient (Wildman–Crippen LogP) is 3.29. The second kappa shape index (κ2) is 8.09. The quantitative estimate of drug-likeness (QED) is 0.335. The van der Waals surface area contributed by atoms with Gasteiger partial charge in [0.2, 0.25) is 11.1 Å². The first-order valence-electron chi connectivity index (χ1n) is 8.15. The van der Waals surface area contributed by atoms with E-state index in [9.17, 15) is 4.79 Å². The molecule has 0 bridgehead atoms. The number of nitrogens with one attached hydrogen (secondary N) is 1. The van der Waals surface area contributed by atoms with E-state index in [0.29, 0.717) is 0 Å². The summed E-state index contributed by atoms with van der Waals surface area (Å²) in [4.78, 5) is 11.7. The lowest BCUT2D eigenvalue weighted by atomic mass is 10.3. The fraction of sp³-hybridized carbons (Fsp3) is 0.438. The molecule has 2 aromatic rings. The van der Waals surface area contributed by atoms with Crippen LogP contribution in [0.25, 0.3) is 5.65 Å². The van der Waals surface area contributed by atoms with Crippen LogP contribution in [0.1, 0.15) is 33.1 Å². The lowest BCUT2D eigenvalue weighted by molar-refractivity contribution is -0.122. The van der Waals surface area contributed by atoms with Crippen LogP contribution in [0.4, 0.5) is 0 Å². The van der Waals surface area contributed by atoms with Crippen LogP contribution in [-0.2, 0) is 4.79 Å². The minimum Gasteiger partial charge on any atom is -0.348 e. The van der Waals surface area contributed by atoms with Gasteiger partial charge in [0.25, 0.3) is 0 Å². The molecule has 1 saturated carbocycles. The monoisotopic (exact) mass is 422 g/mol. The van der Waals surface area contributed by atoms with Gasteiger partial charge in [-0.2, -0.15) is 5.10 Å². The maximum atomic E-state index is 11.7. The number of carbonyl (C=O) groups excluding carboxylic acids is 1. The smallest absolute Gasteiger partial charge is 0.223 e. The third kappa shape index (κ3) is 4.88. The number of aromatic nitrogens is 3. The molecule has 1 aliphatic carbocycles. The Balaban J connectivity index is 1.64. The molecule has 0 aliphatic heterocycles. The number of nitrogens with zero attached hydrogens (tertiary/aromatic N) is 5. The molecule has 2 heterocycles. The van der Waals surface area contributed by atoms with Crippen LogP contribution in [0.2, 0.25) is 0 Å². The van der Waals surface area contributed by atoms with E-state index in [1.807, 2.05) is 36.6 Å². The predicted molar refractivity (Wildman–Crippen MR) is 103 cm³/mol. The zero-order valence-electron chi connectivity index (χ0n) is 14.0. The second-order valence-corrected chi connectivity index (χ2v) is 7.80. The maximum absolute atomic E-state index is 11.7. The van der Waals surface area contributed by atoms with Crippen molar-refractivity contribution in [2.24, 2.45) is 16.1 Å². The number of hydrogen-bond acceptors (Lipinski definition) is 6. The van der Waals surface area contributed by atoms with E-state index in [4.69, 9.17) is 0 Å². The minimum atomic E-state index is -0.134. The Morgan fingerprint density at radius 2 is 2.32 bits per heavy atom. The summed E-state index contributed by atoms with van der Waals surface area (Å²) in [5.41, 5.74) is 0.779. The minimum absolute atomic E-state index is 0.105. The normalized spacial score (nSPS) is 16.5. The molecule has 1 unspecified atom stereocenters. The Labute approximate surface area is 158 Å². The summed E-state index contributed by atoms with van der Waals surface area (Å²) in [6.45, 7) is 3.90. The molecular weight excluding hydrogens is 404 g/mol. The summed E-state index contributed by atoms with van der Waals surface area (Å²) >= 11 is 4.88. The van der Waals surface area contributed by atoms with Gasteiger partial charge in [0, 0.05) is 22.8 Å². The van der Waals surface area contributed by atoms with Crippen LogP contribution in [0, 0.1) is 5.92 Å². The first-order chi connectivity index (χ1) is 12.1. The first-order valence-corrected chi connectivity index (χ1v) is 9.76. The highest BCUT2D eigenvalue weighted by atomic mass is 79.9. The summed E-state index contributed by atoms with van der Waals surface area (Å²) in [6.07, 6.45) is 6.28.